The third kappa shape index (κ3) is 2.77. The van der Waals surface area contributed by atoms with Gasteiger partial charge in [0.25, 0.3) is 0 Å². The molecular formula is C12H13ClO4. The summed E-state index contributed by atoms with van der Waals surface area (Å²) in [5.41, 5.74) is 0.851. The summed E-state index contributed by atoms with van der Waals surface area (Å²) in [6, 6.07) is 3.22. The molecule has 5 heteroatoms. The van der Waals surface area contributed by atoms with Crippen LogP contribution in [0.15, 0.2) is 12.1 Å². The highest BCUT2D eigenvalue weighted by molar-refractivity contribution is 6.52. The second-order valence-corrected chi connectivity index (χ2v) is 3.67. The van der Waals surface area contributed by atoms with Gasteiger partial charge in [0.2, 0.25) is 11.6 Å². The van der Waals surface area contributed by atoms with E-state index in [-0.39, 0.29) is 11.4 Å². The van der Waals surface area contributed by atoms with Gasteiger partial charge >= 0.3 is 0 Å². The molecule has 1 rings (SSSR count). The van der Waals surface area contributed by atoms with Gasteiger partial charge in [-0.3, -0.25) is 9.59 Å². The summed E-state index contributed by atoms with van der Waals surface area (Å²) >= 11 is 5.37. The number of methoxy groups -OCH3 is 2. The minimum Gasteiger partial charge on any atom is -0.497 e. The number of carbonyl (C=O) groups excluding carboxylic acids is 2. The molecule has 1 aromatic carbocycles. The first-order valence-electron chi connectivity index (χ1n) is 4.91. The summed E-state index contributed by atoms with van der Waals surface area (Å²) in [6.07, 6.45) is 0. The fourth-order valence-electron chi connectivity index (χ4n) is 1.49. The van der Waals surface area contributed by atoms with Crippen LogP contribution in [-0.2, 0) is 4.79 Å². The Labute approximate surface area is 104 Å². The van der Waals surface area contributed by atoms with E-state index < -0.39 is 11.6 Å². The molecule has 0 heterocycles. The number of ketones is 2. The van der Waals surface area contributed by atoms with Gasteiger partial charge in [0.1, 0.15) is 11.5 Å². The largest absolute Gasteiger partial charge is 0.497 e. The molecule has 0 N–H and O–H groups in total. The molecule has 0 aromatic heterocycles. The Morgan fingerprint density at radius 2 is 1.88 bits per heavy atom. The molecule has 0 saturated carbocycles. The van der Waals surface area contributed by atoms with Crippen molar-refractivity contribution in [1.82, 2.24) is 0 Å². The van der Waals surface area contributed by atoms with Crippen LogP contribution in [-0.4, -0.2) is 31.7 Å². The number of carbonyl (C=O) groups is 2. The number of Topliss-reactive ketones (excluding diaryl/α,β-unsaturated/α-hetero) is 2. The van der Waals surface area contributed by atoms with E-state index in [1.54, 1.807) is 19.1 Å². The van der Waals surface area contributed by atoms with Crippen molar-refractivity contribution in [2.24, 2.45) is 0 Å². The van der Waals surface area contributed by atoms with Crippen molar-refractivity contribution in [3.63, 3.8) is 0 Å². The molecule has 0 aliphatic heterocycles. The van der Waals surface area contributed by atoms with Crippen molar-refractivity contribution in [3.05, 3.63) is 23.3 Å². The second-order valence-electron chi connectivity index (χ2n) is 3.41. The standard InChI is InChI=1S/C12H13ClO4/c1-7-4-8(16-2)5-10(17-3)11(7)12(15)9(14)6-13/h4-5H,6H2,1-3H3. The number of rotatable bonds is 5. The monoisotopic (exact) mass is 256 g/mol. The quantitative estimate of drug-likeness (QED) is 0.459. The van der Waals surface area contributed by atoms with Gasteiger partial charge in [-0.2, -0.15) is 0 Å². The number of alkyl halides is 1. The van der Waals surface area contributed by atoms with Crippen LogP contribution >= 0.6 is 11.6 Å². The Bertz CT molecular complexity index is 454. The van der Waals surface area contributed by atoms with Crippen LogP contribution < -0.4 is 9.47 Å². The Kier molecular flexibility index (Phi) is 4.52. The van der Waals surface area contributed by atoms with Gasteiger partial charge in [-0.05, 0) is 18.6 Å². The lowest BCUT2D eigenvalue weighted by Crippen LogP contribution is -2.17. The van der Waals surface area contributed by atoms with Crippen LogP contribution in [0.2, 0.25) is 0 Å². The SMILES string of the molecule is COc1cc(C)c(C(=O)C(=O)CCl)c(OC)c1. The fourth-order valence-corrected chi connectivity index (χ4v) is 1.61. The van der Waals surface area contributed by atoms with Crippen LogP contribution in [0, 0.1) is 6.92 Å². The number of hydrogen-bond donors (Lipinski definition) is 0. The van der Waals surface area contributed by atoms with E-state index in [1.807, 2.05) is 0 Å². The van der Waals surface area contributed by atoms with Crippen LogP contribution in [0.5, 0.6) is 11.5 Å². The maximum atomic E-state index is 11.8. The summed E-state index contributed by atoms with van der Waals surface area (Å²) in [5, 5.41) is 0. The zero-order valence-electron chi connectivity index (χ0n) is 9.87. The Morgan fingerprint density at radius 1 is 1.24 bits per heavy atom. The highest BCUT2D eigenvalue weighted by atomic mass is 35.5. The number of aryl methyl sites for hydroxylation is 1. The molecule has 0 atom stereocenters. The summed E-state index contributed by atoms with van der Waals surface area (Å²) in [6.45, 7) is 1.71. The minimum absolute atomic E-state index is 0.235. The Balaban J connectivity index is 3.32. The summed E-state index contributed by atoms with van der Waals surface area (Å²) < 4.78 is 10.1. The van der Waals surface area contributed by atoms with Crippen molar-refractivity contribution >= 4 is 23.2 Å². The number of hydrogen-bond acceptors (Lipinski definition) is 4. The zero-order chi connectivity index (χ0) is 13.0. The lowest BCUT2D eigenvalue weighted by Gasteiger charge is -2.11. The Hall–Kier alpha value is -1.55. The molecule has 0 radical (unpaired) electrons. The van der Waals surface area contributed by atoms with Gasteiger partial charge in [0.15, 0.2) is 0 Å². The molecule has 17 heavy (non-hydrogen) atoms. The molecule has 0 unspecified atom stereocenters. The zero-order valence-corrected chi connectivity index (χ0v) is 10.6. The third-order valence-corrected chi connectivity index (χ3v) is 2.57. The first-order valence-corrected chi connectivity index (χ1v) is 5.44. The minimum atomic E-state index is -0.654. The second kappa shape index (κ2) is 5.68. The van der Waals surface area contributed by atoms with Crippen LogP contribution in [0.4, 0.5) is 0 Å². The van der Waals surface area contributed by atoms with E-state index >= 15 is 0 Å². The summed E-state index contributed by atoms with van der Waals surface area (Å²) in [7, 11) is 2.94. The predicted molar refractivity (Wildman–Crippen MR) is 64.3 cm³/mol. The van der Waals surface area contributed by atoms with Crippen LogP contribution in [0.3, 0.4) is 0 Å². The molecule has 0 aliphatic rings. The molecule has 0 bridgehead atoms. The highest BCUT2D eigenvalue weighted by Crippen LogP contribution is 2.28. The Morgan fingerprint density at radius 3 is 2.35 bits per heavy atom. The first-order chi connectivity index (χ1) is 8.04. The molecule has 0 aliphatic carbocycles. The maximum absolute atomic E-state index is 11.8. The summed E-state index contributed by atoms with van der Waals surface area (Å²) in [5.74, 6) is -0.761. The lowest BCUT2D eigenvalue weighted by molar-refractivity contribution is -0.112. The van der Waals surface area contributed by atoms with Crippen molar-refractivity contribution in [3.8, 4) is 11.5 Å². The molecule has 0 fully saturated rings. The van der Waals surface area contributed by atoms with E-state index in [0.717, 1.165) is 0 Å². The van der Waals surface area contributed by atoms with Crippen molar-refractivity contribution in [2.75, 3.05) is 20.1 Å². The molecular weight excluding hydrogens is 244 g/mol. The normalized spacial score (nSPS) is 9.88. The van der Waals surface area contributed by atoms with Gasteiger partial charge in [0, 0.05) is 6.07 Å². The van der Waals surface area contributed by atoms with Gasteiger partial charge in [-0.25, -0.2) is 0 Å². The van der Waals surface area contributed by atoms with Gasteiger partial charge in [0.05, 0.1) is 25.7 Å². The van der Waals surface area contributed by atoms with E-state index in [1.165, 1.54) is 14.2 Å². The van der Waals surface area contributed by atoms with Crippen molar-refractivity contribution in [2.45, 2.75) is 6.92 Å². The smallest absolute Gasteiger partial charge is 0.233 e. The van der Waals surface area contributed by atoms with Crippen molar-refractivity contribution < 1.29 is 19.1 Å². The van der Waals surface area contributed by atoms with Gasteiger partial charge < -0.3 is 9.47 Å². The van der Waals surface area contributed by atoms with Crippen LogP contribution in [0.1, 0.15) is 15.9 Å². The molecule has 0 amide bonds. The van der Waals surface area contributed by atoms with Crippen molar-refractivity contribution in [1.29, 1.82) is 0 Å². The number of halogens is 1. The van der Waals surface area contributed by atoms with Gasteiger partial charge in [-0.1, -0.05) is 0 Å². The molecule has 4 nitrogen and oxygen atoms in total. The van der Waals surface area contributed by atoms with Gasteiger partial charge in [-0.15, -0.1) is 11.6 Å². The first kappa shape index (κ1) is 13.5. The third-order valence-electron chi connectivity index (χ3n) is 2.33. The van der Waals surface area contributed by atoms with E-state index in [0.29, 0.717) is 17.1 Å². The van der Waals surface area contributed by atoms with Crippen LogP contribution in [0.25, 0.3) is 0 Å². The van der Waals surface area contributed by atoms with E-state index in [9.17, 15) is 9.59 Å². The topological polar surface area (TPSA) is 52.6 Å². The fraction of sp³-hybridized carbons (Fsp3) is 0.333. The van der Waals surface area contributed by atoms with E-state index in [2.05, 4.69) is 0 Å². The molecule has 0 saturated heterocycles. The molecule has 0 spiro atoms. The number of benzene rings is 1. The predicted octanol–water partition coefficient (Wildman–Crippen LogP) is 2.00. The van der Waals surface area contributed by atoms with E-state index in [4.69, 9.17) is 21.1 Å². The summed E-state index contributed by atoms with van der Waals surface area (Å²) in [4.78, 5) is 23.1. The lowest BCUT2D eigenvalue weighted by atomic mass is 10.0. The highest BCUT2D eigenvalue weighted by Gasteiger charge is 2.22. The molecule has 92 valence electrons. The average Bonchev–Trinajstić information content (AvgIpc) is 2.35. The maximum Gasteiger partial charge on any atom is 0.233 e. The average molecular weight is 257 g/mol. The molecule has 1 aromatic rings. The number of ether oxygens (including phenoxy) is 2.